The summed E-state index contributed by atoms with van der Waals surface area (Å²) in [5.74, 6) is 0. The zero-order chi connectivity index (χ0) is 10.1. The first-order valence-electron chi connectivity index (χ1n) is 4.12. The Balaban J connectivity index is 2.72. The number of sulfonamides is 1. The van der Waals surface area contributed by atoms with Crippen molar-refractivity contribution in [1.29, 1.82) is 0 Å². The zero-order valence-electron chi connectivity index (χ0n) is 7.73. The fourth-order valence-corrected chi connectivity index (χ4v) is 2.79. The summed E-state index contributed by atoms with van der Waals surface area (Å²) >= 11 is 5.34. The molecule has 0 radical (unpaired) electrons. The summed E-state index contributed by atoms with van der Waals surface area (Å²) in [7, 11) is -1.75. The number of ether oxygens (including phenoxy) is 1. The molecule has 4 nitrogen and oxygen atoms in total. The summed E-state index contributed by atoms with van der Waals surface area (Å²) in [5, 5.41) is -0.368. The van der Waals surface area contributed by atoms with E-state index in [-0.39, 0.29) is 17.4 Å². The van der Waals surface area contributed by atoms with E-state index in [0.717, 1.165) is 6.42 Å². The lowest BCUT2D eigenvalue weighted by molar-refractivity contribution is 0.102. The Morgan fingerprint density at radius 3 is 2.62 bits per heavy atom. The standard InChI is InChI=1S/C7H14ClNO3S/c1-6-7(3-4-12-6)9(2)13(10,11)5-8/h6-7H,3-5H2,1-2H3. The molecule has 0 bridgehead atoms. The average molecular weight is 228 g/mol. The second kappa shape index (κ2) is 4.13. The van der Waals surface area contributed by atoms with Crippen LogP contribution in [0.3, 0.4) is 0 Å². The highest BCUT2D eigenvalue weighted by molar-refractivity contribution is 7.90. The molecule has 0 amide bonds. The van der Waals surface area contributed by atoms with Crippen molar-refractivity contribution in [3.05, 3.63) is 0 Å². The minimum absolute atomic E-state index is 0.0389. The first kappa shape index (κ1) is 11.2. The van der Waals surface area contributed by atoms with Gasteiger partial charge < -0.3 is 4.74 Å². The summed E-state index contributed by atoms with van der Waals surface area (Å²) in [6.45, 7) is 2.49. The fraction of sp³-hybridized carbons (Fsp3) is 1.00. The number of hydrogen-bond donors (Lipinski definition) is 0. The van der Waals surface area contributed by atoms with E-state index in [4.69, 9.17) is 16.3 Å². The van der Waals surface area contributed by atoms with Crippen molar-refractivity contribution in [2.75, 3.05) is 18.9 Å². The summed E-state index contributed by atoms with van der Waals surface area (Å²) in [4.78, 5) is 0. The van der Waals surface area contributed by atoms with E-state index in [2.05, 4.69) is 0 Å². The smallest absolute Gasteiger partial charge is 0.228 e. The molecule has 0 aromatic rings. The van der Waals surface area contributed by atoms with Crippen LogP contribution in [0.25, 0.3) is 0 Å². The predicted octanol–water partition coefficient (Wildman–Crippen LogP) is 0.622. The largest absolute Gasteiger partial charge is 0.377 e. The second-order valence-corrected chi connectivity index (χ2v) is 5.78. The normalized spacial score (nSPS) is 29.8. The van der Waals surface area contributed by atoms with Gasteiger partial charge in [0.05, 0.1) is 12.1 Å². The van der Waals surface area contributed by atoms with Crippen LogP contribution in [0, 0.1) is 0 Å². The summed E-state index contributed by atoms with van der Waals surface area (Å²) in [6, 6.07) is -0.0660. The van der Waals surface area contributed by atoms with E-state index in [0.29, 0.717) is 6.61 Å². The molecule has 0 aromatic heterocycles. The number of rotatable bonds is 3. The molecule has 13 heavy (non-hydrogen) atoms. The molecule has 1 fully saturated rings. The van der Waals surface area contributed by atoms with Crippen molar-refractivity contribution in [2.45, 2.75) is 25.5 Å². The lowest BCUT2D eigenvalue weighted by Gasteiger charge is -2.24. The molecule has 0 aromatic carbocycles. The lowest BCUT2D eigenvalue weighted by atomic mass is 10.2. The van der Waals surface area contributed by atoms with Gasteiger partial charge in [-0.15, -0.1) is 11.6 Å². The number of alkyl halides is 1. The van der Waals surface area contributed by atoms with E-state index in [1.165, 1.54) is 4.31 Å². The summed E-state index contributed by atoms with van der Waals surface area (Å²) < 4.78 is 29.3. The van der Waals surface area contributed by atoms with Crippen molar-refractivity contribution in [2.24, 2.45) is 0 Å². The van der Waals surface area contributed by atoms with Gasteiger partial charge in [0.2, 0.25) is 10.0 Å². The third-order valence-electron chi connectivity index (χ3n) is 2.38. The molecule has 1 aliphatic heterocycles. The maximum atomic E-state index is 11.4. The maximum absolute atomic E-state index is 11.4. The average Bonchev–Trinajstić information content (AvgIpc) is 2.50. The van der Waals surface area contributed by atoms with Gasteiger partial charge in [0.25, 0.3) is 0 Å². The third kappa shape index (κ3) is 2.34. The molecular formula is C7H14ClNO3S. The molecule has 1 heterocycles. The number of halogens is 1. The fourth-order valence-electron chi connectivity index (χ4n) is 1.48. The van der Waals surface area contributed by atoms with Crippen LogP contribution in [0.15, 0.2) is 0 Å². The molecule has 0 N–H and O–H groups in total. The van der Waals surface area contributed by atoms with E-state index >= 15 is 0 Å². The second-order valence-electron chi connectivity index (χ2n) is 3.17. The van der Waals surface area contributed by atoms with Gasteiger partial charge in [-0.2, -0.15) is 4.31 Å². The Hall–Kier alpha value is 0.160. The van der Waals surface area contributed by atoms with Gasteiger partial charge in [-0.25, -0.2) is 8.42 Å². The van der Waals surface area contributed by atoms with Gasteiger partial charge in [0.15, 0.2) is 0 Å². The van der Waals surface area contributed by atoms with Gasteiger partial charge in [0.1, 0.15) is 5.21 Å². The Morgan fingerprint density at radius 1 is 1.62 bits per heavy atom. The van der Waals surface area contributed by atoms with Crippen molar-refractivity contribution in [1.82, 2.24) is 4.31 Å². The highest BCUT2D eigenvalue weighted by atomic mass is 35.5. The van der Waals surface area contributed by atoms with Crippen LogP contribution in [0.2, 0.25) is 0 Å². The van der Waals surface area contributed by atoms with Crippen molar-refractivity contribution >= 4 is 21.6 Å². The Kier molecular flexibility index (Phi) is 3.57. The predicted molar refractivity (Wildman–Crippen MR) is 51.2 cm³/mol. The van der Waals surface area contributed by atoms with E-state index in [1.807, 2.05) is 6.92 Å². The quantitative estimate of drug-likeness (QED) is 0.665. The summed E-state index contributed by atoms with van der Waals surface area (Å²) in [5.41, 5.74) is 0. The van der Waals surface area contributed by atoms with Crippen molar-refractivity contribution < 1.29 is 13.2 Å². The van der Waals surface area contributed by atoms with Crippen molar-refractivity contribution in [3.8, 4) is 0 Å². The molecule has 0 spiro atoms. The van der Waals surface area contributed by atoms with Crippen molar-refractivity contribution in [3.63, 3.8) is 0 Å². The monoisotopic (exact) mass is 227 g/mol. The van der Waals surface area contributed by atoms with E-state index in [1.54, 1.807) is 7.05 Å². The molecule has 1 saturated heterocycles. The van der Waals surface area contributed by atoms with Gasteiger partial charge in [-0.1, -0.05) is 0 Å². The molecule has 0 aliphatic carbocycles. The molecule has 2 atom stereocenters. The molecule has 0 saturated carbocycles. The minimum Gasteiger partial charge on any atom is -0.377 e. The van der Waals surface area contributed by atoms with Gasteiger partial charge in [-0.05, 0) is 13.3 Å². The van der Waals surface area contributed by atoms with E-state index in [9.17, 15) is 8.42 Å². The summed E-state index contributed by atoms with van der Waals surface area (Å²) in [6.07, 6.45) is 0.705. The van der Waals surface area contributed by atoms with Gasteiger partial charge in [0, 0.05) is 13.7 Å². The van der Waals surface area contributed by atoms with Crippen LogP contribution in [0.1, 0.15) is 13.3 Å². The van der Waals surface area contributed by atoms with Crippen LogP contribution in [0.4, 0.5) is 0 Å². The van der Waals surface area contributed by atoms with Crippen LogP contribution in [-0.4, -0.2) is 43.7 Å². The Bertz CT molecular complexity index is 267. The molecule has 1 rings (SSSR count). The van der Waals surface area contributed by atoms with Crippen LogP contribution < -0.4 is 0 Å². The zero-order valence-corrected chi connectivity index (χ0v) is 9.31. The highest BCUT2D eigenvalue weighted by Crippen LogP contribution is 2.20. The molecule has 78 valence electrons. The van der Waals surface area contributed by atoms with Crippen LogP contribution in [0.5, 0.6) is 0 Å². The van der Waals surface area contributed by atoms with Crippen LogP contribution in [-0.2, 0) is 14.8 Å². The van der Waals surface area contributed by atoms with Gasteiger partial charge >= 0.3 is 0 Å². The molecule has 6 heteroatoms. The first-order valence-corrected chi connectivity index (χ1v) is 6.26. The molecule has 2 unspecified atom stereocenters. The number of likely N-dealkylation sites (N-methyl/N-ethyl adjacent to an activating group) is 1. The first-order chi connectivity index (χ1) is 5.99. The lowest BCUT2D eigenvalue weighted by Crippen LogP contribution is -2.41. The Labute approximate surface area is 83.9 Å². The maximum Gasteiger partial charge on any atom is 0.228 e. The topological polar surface area (TPSA) is 46.6 Å². The molecular weight excluding hydrogens is 214 g/mol. The van der Waals surface area contributed by atoms with E-state index < -0.39 is 10.0 Å². The Morgan fingerprint density at radius 2 is 2.23 bits per heavy atom. The number of nitrogens with zero attached hydrogens (tertiary/aromatic N) is 1. The van der Waals surface area contributed by atoms with Crippen LogP contribution >= 0.6 is 11.6 Å². The SMILES string of the molecule is CC1OCCC1N(C)S(=O)(=O)CCl. The highest BCUT2D eigenvalue weighted by Gasteiger charge is 2.33. The minimum atomic E-state index is -3.30. The third-order valence-corrected chi connectivity index (χ3v) is 4.63. The van der Waals surface area contributed by atoms with Gasteiger partial charge in [-0.3, -0.25) is 0 Å². The molecule has 1 aliphatic rings. The number of hydrogen-bond acceptors (Lipinski definition) is 3.